The molecular formula is C19H20N2O5S. The largest absolute Gasteiger partial charge is 0.493 e. The number of methoxy groups -OCH3 is 2. The highest BCUT2D eigenvalue weighted by Crippen LogP contribution is 2.29. The van der Waals surface area contributed by atoms with E-state index in [9.17, 15) is 13.2 Å². The van der Waals surface area contributed by atoms with Gasteiger partial charge in [-0.1, -0.05) is 6.07 Å². The highest BCUT2D eigenvalue weighted by atomic mass is 32.2. The first kappa shape index (κ1) is 18.9. The van der Waals surface area contributed by atoms with Gasteiger partial charge in [-0.3, -0.25) is 4.79 Å². The molecule has 3 rings (SSSR count). The Hall–Kier alpha value is -2.87. The Balaban J connectivity index is 1.86. The molecular weight excluding hydrogens is 368 g/mol. The lowest BCUT2D eigenvalue weighted by atomic mass is 10.1. The molecule has 2 aromatic carbocycles. The first-order valence-corrected chi connectivity index (χ1v) is 10.1. The van der Waals surface area contributed by atoms with Crippen LogP contribution < -0.4 is 9.47 Å². The van der Waals surface area contributed by atoms with E-state index >= 15 is 0 Å². The molecule has 0 N–H and O–H groups in total. The molecule has 27 heavy (non-hydrogen) atoms. The van der Waals surface area contributed by atoms with Crippen LogP contribution in [0.4, 0.5) is 0 Å². The van der Waals surface area contributed by atoms with E-state index in [2.05, 4.69) is 5.10 Å². The summed E-state index contributed by atoms with van der Waals surface area (Å²) < 4.78 is 33.9. The second-order valence-electron chi connectivity index (χ2n) is 6.09. The molecule has 0 unspecified atom stereocenters. The number of carbonyl (C=O) groups is 1. The van der Waals surface area contributed by atoms with Crippen molar-refractivity contribution >= 4 is 21.5 Å². The second-order valence-corrected chi connectivity index (χ2v) is 8.11. The minimum atomic E-state index is -3.38. The van der Waals surface area contributed by atoms with E-state index in [0.717, 1.165) is 17.5 Å². The Labute approximate surface area is 158 Å². The summed E-state index contributed by atoms with van der Waals surface area (Å²) in [6.45, 7) is 0.422. The quantitative estimate of drug-likeness (QED) is 0.785. The molecule has 0 bridgehead atoms. The number of amides is 1. The summed E-state index contributed by atoms with van der Waals surface area (Å²) in [5.74, 6) is 0.865. The molecule has 0 spiro atoms. The molecule has 0 aromatic heterocycles. The van der Waals surface area contributed by atoms with Gasteiger partial charge in [0.25, 0.3) is 5.91 Å². The molecule has 0 saturated heterocycles. The average molecular weight is 388 g/mol. The lowest BCUT2D eigenvalue weighted by molar-refractivity contribution is 0.0778. The van der Waals surface area contributed by atoms with Gasteiger partial charge < -0.3 is 9.47 Å². The normalized spacial score (nSPS) is 14.0. The highest BCUT2D eigenvalue weighted by Gasteiger charge is 2.24. The Morgan fingerprint density at radius 2 is 1.81 bits per heavy atom. The standard InChI is InChI=1S/C19H20N2O5S/c1-25-17-8-7-13(12-18(17)26-2)16-9-10-21(20-16)19(22)14-5-4-6-15(11-14)27(3,23)24/h4-8,11-12H,9-10H2,1-3H3. The molecule has 0 aliphatic carbocycles. The third kappa shape index (κ3) is 3.95. The van der Waals surface area contributed by atoms with Gasteiger partial charge in [0, 0.05) is 23.8 Å². The Morgan fingerprint density at radius 1 is 1.07 bits per heavy atom. The zero-order chi connectivity index (χ0) is 19.6. The summed E-state index contributed by atoms with van der Waals surface area (Å²) in [5, 5.41) is 5.77. The van der Waals surface area contributed by atoms with E-state index in [4.69, 9.17) is 9.47 Å². The Bertz CT molecular complexity index is 1010. The van der Waals surface area contributed by atoms with Crippen molar-refractivity contribution in [2.75, 3.05) is 27.0 Å². The van der Waals surface area contributed by atoms with Gasteiger partial charge in [-0.05, 0) is 36.4 Å². The molecule has 1 aliphatic heterocycles. The number of hydrazone groups is 1. The number of nitrogens with zero attached hydrogens (tertiary/aromatic N) is 2. The molecule has 1 amide bonds. The van der Waals surface area contributed by atoms with Crippen molar-refractivity contribution in [2.24, 2.45) is 5.10 Å². The molecule has 0 radical (unpaired) electrons. The number of ether oxygens (including phenoxy) is 2. The predicted octanol–water partition coefficient (Wildman–Crippen LogP) is 2.36. The van der Waals surface area contributed by atoms with E-state index in [-0.39, 0.29) is 16.4 Å². The molecule has 1 heterocycles. The van der Waals surface area contributed by atoms with Crippen LogP contribution >= 0.6 is 0 Å². The van der Waals surface area contributed by atoms with Gasteiger partial charge in [-0.25, -0.2) is 13.4 Å². The zero-order valence-corrected chi connectivity index (χ0v) is 16.1. The van der Waals surface area contributed by atoms with Crippen LogP contribution in [0.3, 0.4) is 0 Å². The monoisotopic (exact) mass is 388 g/mol. The zero-order valence-electron chi connectivity index (χ0n) is 15.3. The van der Waals surface area contributed by atoms with Crippen molar-refractivity contribution in [3.8, 4) is 11.5 Å². The van der Waals surface area contributed by atoms with Crippen LogP contribution in [0.25, 0.3) is 0 Å². The van der Waals surface area contributed by atoms with Gasteiger partial charge in [-0.15, -0.1) is 0 Å². The highest BCUT2D eigenvalue weighted by molar-refractivity contribution is 7.90. The van der Waals surface area contributed by atoms with E-state index in [1.165, 1.54) is 17.1 Å². The molecule has 142 valence electrons. The van der Waals surface area contributed by atoms with Gasteiger partial charge in [0.1, 0.15) is 0 Å². The topological polar surface area (TPSA) is 85.3 Å². The lowest BCUT2D eigenvalue weighted by Gasteiger charge is -2.12. The van der Waals surface area contributed by atoms with Crippen LogP contribution in [0.15, 0.2) is 52.5 Å². The Kier molecular flexibility index (Phi) is 5.18. The molecule has 8 heteroatoms. The van der Waals surface area contributed by atoms with Crippen LogP contribution in [0.5, 0.6) is 11.5 Å². The number of sulfone groups is 1. The summed E-state index contributed by atoms with van der Waals surface area (Å²) in [5.41, 5.74) is 1.88. The van der Waals surface area contributed by atoms with E-state index < -0.39 is 9.84 Å². The van der Waals surface area contributed by atoms with Gasteiger partial charge >= 0.3 is 0 Å². The molecule has 2 aromatic rings. The fraction of sp³-hybridized carbons (Fsp3) is 0.263. The fourth-order valence-corrected chi connectivity index (χ4v) is 3.50. The maximum Gasteiger partial charge on any atom is 0.274 e. The molecule has 0 fully saturated rings. The summed E-state index contributed by atoms with van der Waals surface area (Å²) in [6.07, 6.45) is 1.70. The van der Waals surface area contributed by atoms with Crippen molar-refractivity contribution in [3.05, 3.63) is 53.6 Å². The molecule has 0 saturated carbocycles. The third-order valence-corrected chi connectivity index (χ3v) is 5.37. The average Bonchev–Trinajstić information content (AvgIpc) is 3.16. The minimum Gasteiger partial charge on any atom is -0.493 e. The van der Waals surface area contributed by atoms with Crippen molar-refractivity contribution in [3.63, 3.8) is 0 Å². The third-order valence-electron chi connectivity index (χ3n) is 4.26. The van der Waals surface area contributed by atoms with Crippen molar-refractivity contribution in [2.45, 2.75) is 11.3 Å². The number of benzene rings is 2. The number of rotatable bonds is 5. The van der Waals surface area contributed by atoms with Gasteiger partial charge in [0.2, 0.25) is 0 Å². The van der Waals surface area contributed by atoms with Crippen molar-refractivity contribution in [1.82, 2.24) is 5.01 Å². The second kappa shape index (κ2) is 7.40. The van der Waals surface area contributed by atoms with E-state index in [1.807, 2.05) is 12.1 Å². The summed E-state index contributed by atoms with van der Waals surface area (Å²) >= 11 is 0. The van der Waals surface area contributed by atoms with Gasteiger partial charge in [-0.2, -0.15) is 5.10 Å². The molecule has 7 nitrogen and oxygen atoms in total. The summed E-state index contributed by atoms with van der Waals surface area (Å²) in [7, 11) is -0.259. The first-order valence-electron chi connectivity index (χ1n) is 8.25. The van der Waals surface area contributed by atoms with Crippen molar-refractivity contribution in [1.29, 1.82) is 0 Å². The van der Waals surface area contributed by atoms with Crippen LogP contribution in [-0.4, -0.2) is 52.1 Å². The minimum absolute atomic E-state index is 0.108. The smallest absolute Gasteiger partial charge is 0.274 e. The SMILES string of the molecule is COc1ccc(C2=NN(C(=O)c3cccc(S(C)(=O)=O)c3)CC2)cc1OC. The summed E-state index contributed by atoms with van der Waals surface area (Å²) in [6, 6.07) is 11.4. The number of hydrogen-bond acceptors (Lipinski definition) is 6. The molecule has 1 aliphatic rings. The van der Waals surface area contributed by atoms with Crippen molar-refractivity contribution < 1.29 is 22.7 Å². The predicted molar refractivity (Wildman–Crippen MR) is 101 cm³/mol. The van der Waals surface area contributed by atoms with Crippen LogP contribution in [0, 0.1) is 0 Å². The first-order chi connectivity index (χ1) is 12.8. The van der Waals surface area contributed by atoms with Crippen LogP contribution in [-0.2, 0) is 9.84 Å². The Morgan fingerprint density at radius 3 is 2.48 bits per heavy atom. The summed E-state index contributed by atoms with van der Waals surface area (Å²) in [4.78, 5) is 12.8. The van der Waals surface area contributed by atoms with Gasteiger partial charge in [0.05, 0.1) is 31.4 Å². The maximum absolute atomic E-state index is 12.7. The number of carbonyl (C=O) groups excluding carboxylic acids is 1. The maximum atomic E-state index is 12.7. The lowest BCUT2D eigenvalue weighted by Crippen LogP contribution is -2.23. The fourth-order valence-electron chi connectivity index (χ4n) is 2.83. The van der Waals surface area contributed by atoms with Gasteiger partial charge in [0.15, 0.2) is 21.3 Å². The van der Waals surface area contributed by atoms with Crippen LogP contribution in [0.2, 0.25) is 0 Å². The van der Waals surface area contributed by atoms with E-state index in [0.29, 0.717) is 24.5 Å². The molecule has 0 atom stereocenters. The van der Waals surface area contributed by atoms with E-state index in [1.54, 1.807) is 32.4 Å². The van der Waals surface area contributed by atoms with Crippen LogP contribution in [0.1, 0.15) is 22.3 Å². The number of hydrogen-bond donors (Lipinski definition) is 0.